The number of likely N-dealkylation sites (N-methyl/N-ethyl adjacent to an activating group) is 1. The molecule has 5 N–H and O–H groups in total. The molecule has 0 saturated heterocycles. The van der Waals surface area contributed by atoms with Gasteiger partial charge in [0.15, 0.2) is 0 Å². The topological polar surface area (TPSA) is 171 Å². The lowest BCUT2D eigenvalue weighted by molar-refractivity contribution is -0.134. The van der Waals surface area contributed by atoms with E-state index >= 15 is 0 Å². The molecule has 12 nitrogen and oxygen atoms in total. The summed E-state index contributed by atoms with van der Waals surface area (Å²) in [6.07, 6.45) is 1.83. The number of nitrogens with one attached hydrogen (secondary N) is 2. The molecule has 14 heteroatoms. The fourth-order valence-electron chi connectivity index (χ4n) is 5.44. The number of unbranched alkanes of at least 4 members (excludes halogenated alkanes) is 2. The van der Waals surface area contributed by atoms with Gasteiger partial charge in [0.1, 0.15) is 16.1 Å². The molecule has 1 aromatic heterocycles. The average Bonchev–Trinajstić information content (AvgIpc) is 3.61. The third-order valence-electron chi connectivity index (χ3n) is 8.34. The summed E-state index contributed by atoms with van der Waals surface area (Å²) in [4.78, 5) is 40.1. The molecule has 2 heterocycles. The number of carbonyl (C=O) groups is 3. The highest BCUT2D eigenvalue weighted by Gasteiger charge is 2.33. The van der Waals surface area contributed by atoms with Gasteiger partial charge in [-0.1, -0.05) is 31.5 Å². The van der Waals surface area contributed by atoms with Crippen LogP contribution in [0.1, 0.15) is 51.5 Å². The van der Waals surface area contributed by atoms with E-state index in [1.165, 1.54) is 11.4 Å². The Morgan fingerprint density at radius 1 is 1.08 bits per heavy atom. The van der Waals surface area contributed by atoms with E-state index in [0.29, 0.717) is 54.1 Å². The van der Waals surface area contributed by atoms with E-state index in [1.54, 1.807) is 71.8 Å². The molecule has 0 fully saturated rings. The van der Waals surface area contributed by atoms with E-state index < -0.39 is 22.2 Å². The number of aliphatic hydroxyl groups excluding tert-OH is 1. The lowest BCUT2D eigenvalue weighted by Gasteiger charge is -2.33. The first-order chi connectivity index (χ1) is 22.9. The van der Waals surface area contributed by atoms with Crippen LogP contribution in [0.5, 0.6) is 5.75 Å². The molecule has 0 bridgehead atoms. The minimum atomic E-state index is -3.74. The second kappa shape index (κ2) is 16.9. The summed E-state index contributed by atoms with van der Waals surface area (Å²) in [5.74, 6) is -0.402. The Morgan fingerprint density at radius 2 is 1.79 bits per heavy atom. The zero-order valence-electron chi connectivity index (χ0n) is 27.6. The predicted molar refractivity (Wildman–Crippen MR) is 187 cm³/mol. The van der Waals surface area contributed by atoms with Crippen LogP contribution in [0.4, 0.5) is 17.1 Å². The van der Waals surface area contributed by atoms with E-state index in [9.17, 15) is 27.9 Å². The van der Waals surface area contributed by atoms with Crippen molar-refractivity contribution in [2.24, 2.45) is 5.92 Å². The van der Waals surface area contributed by atoms with Crippen LogP contribution in [-0.2, 0) is 30.8 Å². The predicted octanol–water partition coefficient (Wildman–Crippen LogP) is 4.33. The lowest BCUT2D eigenvalue weighted by Crippen LogP contribution is -2.48. The summed E-state index contributed by atoms with van der Waals surface area (Å²) in [6, 6.07) is 14.9. The molecule has 48 heavy (non-hydrogen) atoms. The maximum Gasteiger partial charge on any atom is 0.252 e. The maximum atomic E-state index is 13.5. The van der Waals surface area contributed by atoms with Crippen molar-refractivity contribution in [2.45, 2.75) is 68.7 Å². The van der Waals surface area contributed by atoms with E-state index in [2.05, 4.69) is 10.6 Å². The molecule has 2 aromatic carbocycles. The van der Waals surface area contributed by atoms with Gasteiger partial charge in [-0.25, -0.2) is 8.42 Å². The summed E-state index contributed by atoms with van der Waals surface area (Å²) in [7, 11) is -2.24. The number of hydrogen-bond acceptors (Lipinski definition) is 9. The fraction of sp³-hybridized carbons (Fsp3) is 0.441. The third-order valence-corrected chi connectivity index (χ3v) is 11.5. The normalized spacial score (nSPS) is 17.4. The molecule has 0 aliphatic carbocycles. The minimum Gasteiger partial charge on any atom is -0.488 e. The maximum absolute atomic E-state index is 13.5. The number of carbonyl (C=O) groups excluding carboxylic acids is 3. The van der Waals surface area contributed by atoms with Crippen LogP contribution in [-0.4, -0.2) is 79.3 Å². The van der Waals surface area contributed by atoms with Gasteiger partial charge >= 0.3 is 0 Å². The third kappa shape index (κ3) is 9.78. The van der Waals surface area contributed by atoms with Gasteiger partial charge in [0.2, 0.25) is 17.7 Å². The van der Waals surface area contributed by atoms with Crippen molar-refractivity contribution in [3.05, 3.63) is 65.5 Å². The van der Waals surface area contributed by atoms with Gasteiger partial charge in [-0.3, -0.25) is 14.4 Å². The number of benzene rings is 2. The monoisotopic (exact) mass is 699 g/mol. The smallest absolute Gasteiger partial charge is 0.252 e. The number of nitrogen functional groups attached to an aromatic ring is 1. The van der Waals surface area contributed by atoms with Gasteiger partial charge < -0.3 is 31.1 Å². The van der Waals surface area contributed by atoms with Crippen molar-refractivity contribution in [3.8, 4) is 5.75 Å². The summed E-state index contributed by atoms with van der Waals surface area (Å²) in [5, 5.41) is 17.3. The molecule has 0 radical (unpaired) electrons. The molecule has 1 aliphatic rings. The van der Waals surface area contributed by atoms with Crippen LogP contribution < -0.4 is 21.1 Å². The fourth-order valence-corrected chi connectivity index (χ4v) is 7.82. The molecule has 0 spiro atoms. The van der Waals surface area contributed by atoms with Gasteiger partial charge in [0, 0.05) is 43.6 Å². The van der Waals surface area contributed by atoms with Crippen molar-refractivity contribution in [3.63, 3.8) is 0 Å². The number of ether oxygens (including phenoxy) is 1. The molecule has 0 saturated carbocycles. The number of aliphatic hydroxyl groups is 1. The molecule has 1 aliphatic heterocycles. The van der Waals surface area contributed by atoms with Crippen molar-refractivity contribution >= 4 is 56.1 Å². The first-order valence-corrected chi connectivity index (χ1v) is 18.3. The van der Waals surface area contributed by atoms with Crippen molar-refractivity contribution in [1.29, 1.82) is 0 Å². The number of fused-ring (bicyclic) bond motifs is 1. The minimum absolute atomic E-state index is 0.0249. The Bertz CT molecular complexity index is 1670. The standard InChI is InChI=1S/C34H45N5O7S2/c1-23-20-39(24(2)22-40)33(43)19-25-18-26(15-16-29(25)46-30(23)21-38(3)48(44,45)34-14-9-17-47-34)36-31(41)12-5-4-6-13-32(42)37-28-11-8-7-10-27(28)35/h7-11,14-18,23-24,30,40H,4-6,12-13,19-22,35H2,1-3H3,(H,36,41)(H,37,42)/t23-,24-,30-/m1/s1. The number of thiophene rings is 1. The number of nitrogens with zero attached hydrogens (tertiary/aromatic N) is 2. The van der Waals surface area contributed by atoms with Crippen molar-refractivity contribution in [2.75, 3.05) is 43.1 Å². The summed E-state index contributed by atoms with van der Waals surface area (Å²) in [6.45, 7) is 3.72. The van der Waals surface area contributed by atoms with Crippen molar-refractivity contribution < 1.29 is 32.6 Å². The summed E-state index contributed by atoms with van der Waals surface area (Å²) < 4.78 is 34.3. The number of nitrogens with two attached hydrogens (primary N) is 1. The Kier molecular flexibility index (Phi) is 13.0. The van der Waals surface area contributed by atoms with E-state index in [-0.39, 0.29) is 60.4 Å². The number of para-hydroxylation sites is 2. The van der Waals surface area contributed by atoms with Crippen LogP contribution >= 0.6 is 11.3 Å². The summed E-state index contributed by atoms with van der Waals surface area (Å²) in [5.41, 5.74) is 8.00. The highest BCUT2D eigenvalue weighted by Crippen LogP contribution is 2.30. The Morgan fingerprint density at radius 3 is 2.46 bits per heavy atom. The highest BCUT2D eigenvalue weighted by atomic mass is 32.2. The van der Waals surface area contributed by atoms with Crippen LogP contribution in [0.15, 0.2) is 64.2 Å². The SMILES string of the molecule is C[C@@H]1CN([C@H](C)CO)C(=O)Cc2cc(NC(=O)CCCCCC(=O)Nc3ccccc3N)ccc2O[C@@H]1CN(C)S(=O)(=O)c1cccs1. The van der Waals surface area contributed by atoms with Crippen LogP contribution in [0.2, 0.25) is 0 Å². The first-order valence-electron chi connectivity index (χ1n) is 16.0. The molecule has 0 unspecified atom stereocenters. The number of anilines is 3. The summed E-state index contributed by atoms with van der Waals surface area (Å²) >= 11 is 1.14. The number of hydrogen-bond donors (Lipinski definition) is 4. The highest BCUT2D eigenvalue weighted by molar-refractivity contribution is 7.91. The van der Waals surface area contributed by atoms with E-state index in [4.69, 9.17) is 10.5 Å². The Hall–Kier alpha value is -3.98. The number of amides is 3. The van der Waals surface area contributed by atoms with Crippen LogP contribution in [0.3, 0.4) is 0 Å². The zero-order chi connectivity index (χ0) is 34.8. The Labute approximate surface area is 286 Å². The number of sulfonamides is 1. The van der Waals surface area contributed by atoms with Gasteiger partial charge in [-0.05, 0) is 61.5 Å². The quantitative estimate of drug-likeness (QED) is 0.142. The van der Waals surface area contributed by atoms with Gasteiger partial charge in [-0.2, -0.15) is 4.31 Å². The molecule has 3 atom stereocenters. The molecular formula is C34H45N5O7S2. The number of rotatable bonds is 14. The lowest BCUT2D eigenvalue weighted by atomic mass is 10.0. The molecular weight excluding hydrogens is 655 g/mol. The van der Waals surface area contributed by atoms with Crippen LogP contribution in [0.25, 0.3) is 0 Å². The van der Waals surface area contributed by atoms with Crippen molar-refractivity contribution in [1.82, 2.24) is 9.21 Å². The van der Waals surface area contributed by atoms with Crippen LogP contribution in [0, 0.1) is 5.92 Å². The average molecular weight is 700 g/mol. The second-order valence-electron chi connectivity index (χ2n) is 12.2. The molecule has 3 aromatic rings. The van der Waals surface area contributed by atoms with Gasteiger partial charge in [0.05, 0.1) is 37.0 Å². The largest absolute Gasteiger partial charge is 0.488 e. The van der Waals surface area contributed by atoms with E-state index in [0.717, 1.165) is 11.3 Å². The molecule has 4 rings (SSSR count). The van der Waals surface area contributed by atoms with Gasteiger partial charge in [-0.15, -0.1) is 11.3 Å². The molecule has 3 amide bonds. The van der Waals surface area contributed by atoms with E-state index in [1.807, 2.05) is 6.92 Å². The Balaban J connectivity index is 1.39. The molecule has 260 valence electrons. The zero-order valence-corrected chi connectivity index (χ0v) is 29.2. The first kappa shape index (κ1) is 36.8. The second-order valence-corrected chi connectivity index (χ2v) is 15.4. The van der Waals surface area contributed by atoms with Gasteiger partial charge in [0.25, 0.3) is 10.0 Å².